The van der Waals surface area contributed by atoms with Gasteiger partial charge in [0, 0.05) is 5.39 Å². The maximum absolute atomic E-state index is 12.0. The number of carbonyl (C=O) groups is 1. The van der Waals surface area contributed by atoms with Crippen LogP contribution in [0.1, 0.15) is 23.6 Å². The molecule has 3 aromatic rings. The molecule has 0 bridgehead atoms. The highest BCUT2D eigenvalue weighted by Crippen LogP contribution is 2.25. The van der Waals surface area contributed by atoms with Crippen molar-refractivity contribution in [1.29, 1.82) is 5.26 Å². The zero-order valence-electron chi connectivity index (χ0n) is 14.0. The maximum Gasteiger partial charge on any atom is 0.243 e. The van der Waals surface area contributed by atoms with E-state index in [2.05, 4.69) is 15.4 Å². The van der Waals surface area contributed by atoms with Crippen LogP contribution in [-0.2, 0) is 4.79 Å². The van der Waals surface area contributed by atoms with Gasteiger partial charge in [-0.05, 0) is 38.0 Å². The first-order valence-electron chi connectivity index (χ1n) is 7.72. The number of pyridine rings is 1. The molecule has 1 unspecified atom stereocenters. The van der Waals surface area contributed by atoms with Crippen LogP contribution < -0.4 is 5.32 Å². The molecule has 6 nitrogen and oxygen atoms in total. The number of amides is 1. The van der Waals surface area contributed by atoms with Crippen LogP contribution in [0, 0.1) is 25.2 Å². The number of alkyl halides is 1. The lowest BCUT2D eigenvalue weighted by Crippen LogP contribution is -2.23. The van der Waals surface area contributed by atoms with Gasteiger partial charge in [-0.1, -0.05) is 18.2 Å². The topological polar surface area (TPSA) is 83.6 Å². The Morgan fingerprint density at radius 3 is 2.80 bits per heavy atom. The Morgan fingerprint density at radius 1 is 1.36 bits per heavy atom. The molecule has 0 fully saturated rings. The average molecular weight is 354 g/mol. The summed E-state index contributed by atoms with van der Waals surface area (Å²) < 4.78 is 1.45. The van der Waals surface area contributed by atoms with E-state index < -0.39 is 11.3 Å². The molecule has 1 atom stereocenters. The lowest BCUT2D eigenvalue weighted by atomic mass is 10.1. The Bertz CT molecular complexity index is 1020. The fourth-order valence-electron chi connectivity index (χ4n) is 2.59. The number of nitriles is 1. The van der Waals surface area contributed by atoms with Gasteiger partial charge in [-0.15, -0.1) is 11.6 Å². The van der Waals surface area contributed by atoms with Gasteiger partial charge in [0.05, 0.1) is 11.7 Å². The quantitative estimate of drug-likeness (QED) is 0.731. The summed E-state index contributed by atoms with van der Waals surface area (Å²) in [5.74, 6) is 0.381. The highest BCUT2D eigenvalue weighted by molar-refractivity contribution is 6.32. The second kappa shape index (κ2) is 6.54. The van der Waals surface area contributed by atoms with Gasteiger partial charge in [0.1, 0.15) is 17.0 Å². The number of halogens is 1. The van der Waals surface area contributed by atoms with Crippen LogP contribution in [0.2, 0.25) is 0 Å². The monoisotopic (exact) mass is 353 g/mol. The fourth-order valence-corrected chi connectivity index (χ4v) is 2.65. The van der Waals surface area contributed by atoms with Crippen LogP contribution in [0.15, 0.2) is 30.5 Å². The van der Waals surface area contributed by atoms with Crippen LogP contribution >= 0.6 is 11.6 Å². The summed E-state index contributed by atoms with van der Waals surface area (Å²) in [4.78, 5) is 16.7. The lowest BCUT2D eigenvalue weighted by molar-refractivity contribution is -0.115. The summed E-state index contributed by atoms with van der Waals surface area (Å²) in [6.07, 6.45) is 1.40. The van der Waals surface area contributed by atoms with E-state index in [9.17, 15) is 10.1 Å². The zero-order valence-corrected chi connectivity index (χ0v) is 14.8. The first kappa shape index (κ1) is 16.9. The van der Waals surface area contributed by atoms with Crippen molar-refractivity contribution >= 4 is 34.2 Å². The second-order valence-electron chi connectivity index (χ2n) is 5.80. The molecule has 126 valence electrons. The fraction of sp³-hybridized carbons (Fsp3) is 0.222. The van der Waals surface area contributed by atoms with E-state index in [4.69, 9.17) is 11.6 Å². The van der Waals surface area contributed by atoms with Crippen molar-refractivity contribution in [3.8, 4) is 11.9 Å². The molecule has 2 heterocycles. The van der Waals surface area contributed by atoms with Gasteiger partial charge in [-0.2, -0.15) is 15.0 Å². The number of nitrogens with zero attached hydrogens (tertiary/aromatic N) is 4. The molecular formula is C18H16ClN5O. The van der Waals surface area contributed by atoms with Gasteiger partial charge in [-0.25, -0.2) is 4.98 Å². The molecule has 7 heteroatoms. The number of nitrogens with one attached hydrogen (secondary N) is 1. The summed E-state index contributed by atoms with van der Waals surface area (Å²) in [7, 11) is 0. The summed E-state index contributed by atoms with van der Waals surface area (Å²) in [5.41, 5.74) is 3.17. The molecule has 0 radical (unpaired) electrons. The molecule has 0 aliphatic heterocycles. The first-order chi connectivity index (χ1) is 11.9. The second-order valence-corrected chi connectivity index (χ2v) is 6.46. The molecule has 3 rings (SSSR count). The largest absolute Gasteiger partial charge is 0.308 e. The minimum absolute atomic E-state index is 0.245. The Labute approximate surface area is 150 Å². The van der Waals surface area contributed by atoms with Gasteiger partial charge in [0.25, 0.3) is 0 Å². The van der Waals surface area contributed by atoms with Crippen molar-refractivity contribution in [3.05, 3.63) is 47.2 Å². The predicted octanol–water partition coefficient (Wildman–Crippen LogP) is 3.47. The van der Waals surface area contributed by atoms with Gasteiger partial charge in [0.15, 0.2) is 11.6 Å². The van der Waals surface area contributed by atoms with E-state index >= 15 is 0 Å². The van der Waals surface area contributed by atoms with Crippen LogP contribution in [0.4, 0.5) is 5.82 Å². The number of aromatic nitrogens is 3. The summed E-state index contributed by atoms with van der Waals surface area (Å²) >= 11 is 5.82. The Hall–Kier alpha value is -2.91. The van der Waals surface area contributed by atoms with Gasteiger partial charge in [-0.3, -0.25) is 4.79 Å². The van der Waals surface area contributed by atoms with Crippen molar-refractivity contribution in [3.63, 3.8) is 0 Å². The Balaban J connectivity index is 2.19. The molecule has 2 aromatic heterocycles. The van der Waals surface area contributed by atoms with E-state index in [0.717, 1.165) is 22.0 Å². The number of hydrogen-bond acceptors (Lipinski definition) is 4. The Morgan fingerprint density at radius 2 is 2.12 bits per heavy atom. The van der Waals surface area contributed by atoms with Crippen LogP contribution in [0.3, 0.4) is 0 Å². The zero-order chi connectivity index (χ0) is 18.1. The number of fused-ring (bicyclic) bond motifs is 1. The van der Waals surface area contributed by atoms with Crippen molar-refractivity contribution < 1.29 is 4.79 Å². The first-order valence-corrected chi connectivity index (χ1v) is 8.16. The number of anilines is 1. The van der Waals surface area contributed by atoms with Crippen molar-refractivity contribution in [1.82, 2.24) is 14.8 Å². The normalized spacial score (nSPS) is 12.0. The number of aryl methyl sites for hydroxylation is 2. The summed E-state index contributed by atoms with van der Waals surface area (Å²) in [5, 5.41) is 16.5. The molecule has 1 amide bonds. The minimum atomic E-state index is -0.733. The summed E-state index contributed by atoms with van der Waals surface area (Å²) in [6.45, 7) is 5.53. The molecule has 0 aliphatic rings. The molecule has 25 heavy (non-hydrogen) atoms. The number of carbonyl (C=O) groups excluding carboxylic acids is 1. The van der Waals surface area contributed by atoms with Crippen molar-refractivity contribution in [2.45, 2.75) is 26.1 Å². The molecule has 1 aromatic carbocycles. The van der Waals surface area contributed by atoms with Gasteiger partial charge >= 0.3 is 0 Å². The van der Waals surface area contributed by atoms with Gasteiger partial charge in [0.2, 0.25) is 5.91 Å². The molecule has 0 spiro atoms. The summed E-state index contributed by atoms with van der Waals surface area (Å²) in [6, 6.07) is 9.88. The van der Waals surface area contributed by atoms with E-state index in [1.54, 1.807) is 6.92 Å². The van der Waals surface area contributed by atoms with E-state index in [-0.39, 0.29) is 11.4 Å². The van der Waals surface area contributed by atoms with E-state index in [0.29, 0.717) is 5.82 Å². The minimum Gasteiger partial charge on any atom is -0.308 e. The average Bonchev–Trinajstić information content (AvgIpc) is 2.98. The third-order valence-electron chi connectivity index (χ3n) is 3.94. The van der Waals surface area contributed by atoms with Gasteiger partial charge < -0.3 is 5.32 Å². The predicted molar refractivity (Wildman–Crippen MR) is 97.0 cm³/mol. The van der Waals surface area contributed by atoms with Crippen molar-refractivity contribution in [2.75, 3.05) is 5.32 Å². The number of benzene rings is 1. The molecular weight excluding hydrogens is 338 g/mol. The standard InChI is InChI=1S/C18H16ClN5O/c1-10-5-4-6-14-11(2)7-15(22-16(10)14)24-17(13(8-20)9-21-24)23-18(25)12(3)19/h4-7,9,12H,1-3H3,(H,23,25). The third kappa shape index (κ3) is 3.06. The molecule has 1 N–H and O–H groups in total. The van der Waals surface area contributed by atoms with E-state index in [1.165, 1.54) is 10.9 Å². The SMILES string of the molecule is Cc1cc(-n2ncc(C#N)c2NC(=O)C(C)Cl)nc2c(C)cccc12. The van der Waals surface area contributed by atoms with Crippen LogP contribution in [-0.4, -0.2) is 26.0 Å². The van der Waals surface area contributed by atoms with Crippen LogP contribution in [0.5, 0.6) is 0 Å². The Kier molecular flexibility index (Phi) is 4.43. The highest BCUT2D eigenvalue weighted by Gasteiger charge is 2.19. The number of hydrogen-bond donors (Lipinski definition) is 1. The number of rotatable bonds is 3. The smallest absolute Gasteiger partial charge is 0.243 e. The highest BCUT2D eigenvalue weighted by atomic mass is 35.5. The van der Waals surface area contributed by atoms with E-state index in [1.807, 2.05) is 44.2 Å². The third-order valence-corrected chi connectivity index (χ3v) is 4.14. The number of para-hydroxylation sites is 1. The maximum atomic E-state index is 12.0. The molecule has 0 saturated carbocycles. The lowest BCUT2D eigenvalue weighted by Gasteiger charge is -2.12. The molecule has 0 saturated heterocycles. The van der Waals surface area contributed by atoms with Crippen LogP contribution in [0.25, 0.3) is 16.7 Å². The molecule has 0 aliphatic carbocycles. The van der Waals surface area contributed by atoms with Crippen molar-refractivity contribution in [2.24, 2.45) is 0 Å².